The third kappa shape index (κ3) is 8.34. The van der Waals surface area contributed by atoms with Crippen LogP contribution in [0.15, 0.2) is 29.3 Å². The van der Waals surface area contributed by atoms with Crippen molar-refractivity contribution in [1.82, 2.24) is 0 Å². The van der Waals surface area contributed by atoms with Gasteiger partial charge in [0.1, 0.15) is 0 Å². The molecule has 0 bridgehead atoms. The number of nitrogens with zero attached hydrogens (tertiary/aromatic N) is 1. The van der Waals surface area contributed by atoms with Crippen LogP contribution in [0.1, 0.15) is 12.5 Å². The summed E-state index contributed by atoms with van der Waals surface area (Å²) in [4.78, 5) is 4.19. The number of anilines is 1. The minimum Gasteiger partial charge on any atom is -0.382 e. The monoisotopic (exact) mass is 393 g/mol. The standard InChI is InChI=1S/C14H23N3O2.HI/c1-3-12-5-4-6-13(11-12)17-14(15)16-7-8-19-10-9-18-2;/h4-6,11H,3,7-10H2,1-2H3,(H3,15,16,17);1H. The predicted octanol–water partition coefficient (Wildman–Crippen LogP) is 2.26. The highest BCUT2D eigenvalue weighted by molar-refractivity contribution is 14.0. The van der Waals surface area contributed by atoms with Gasteiger partial charge in [0.15, 0.2) is 5.96 Å². The molecule has 20 heavy (non-hydrogen) atoms. The van der Waals surface area contributed by atoms with E-state index < -0.39 is 0 Å². The fourth-order valence-electron chi connectivity index (χ4n) is 1.53. The van der Waals surface area contributed by atoms with Gasteiger partial charge in [-0.3, -0.25) is 4.99 Å². The lowest BCUT2D eigenvalue weighted by atomic mass is 10.1. The minimum atomic E-state index is 0. The lowest BCUT2D eigenvalue weighted by molar-refractivity contribution is 0.0748. The van der Waals surface area contributed by atoms with Crippen LogP contribution in [0.4, 0.5) is 5.69 Å². The summed E-state index contributed by atoms with van der Waals surface area (Å²) >= 11 is 0. The molecule has 0 saturated carbocycles. The quantitative estimate of drug-likeness (QED) is 0.308. The highest BCUT2D eigenvalue weighted by atomic mass is 127. The maximum Gasteiger partial charge on any atom is 0.193 e. The smallest absolute Gasteiger partial charge is 0.193 e. The third-order valence-electron chi connectivity index (χ3n) is 2.56. The van der Waals surface area contributed by atoms with Crippen molar-refractivity contribution in [2.24, 2.45) is 10.7 Å². The summed E-state index contributed by atoms with van der Waals surface area (Å²) in [5.74, 6) is 0.406. The number of rotatable bonds is 8. The largest absolute Gasteiger partial charge is 0.382 e. The second-order valence-electron chi connectivity index (χ2n) is 4.05. The maximum atomic E-state index is 5.80. The molecule has 0 aliphatic rings. The molecule has 3 N–H and O–H groups in total. The molecule has 6 heteroatoms. The van der Waals surface area contributed by atoms with Crippen molar-refractivity contribution in [3.05, 3.63) is 29.8 Å². The lowest BCUT2D eigenvalue weighted by Gasteiger charge is -2.07. The van der Waals surface area contributed by atoms with Crippen molar-refractivity contribution in [2.45, 2.75) is 13.3 Å². The Morgan fingerprint density at radius 2 is 2.10 bits per heavy atom. The molecule has 0 aliphatic heterocycles. The number of aliphatic imine (C=N–C) groups is 1. The minimum absolute atomic E-state index is 0. The summed E-state index contributed by atoms with van der Waals surface area (Å²) < 4.78 is 10.2. The Morgan fingerprint density at radius 3 is 2.80 bits per heavy atom. The van der Waals surface area contributed by atoms with E-state index in [0.717, 1.165) is 12.1 Å². The number of halogens is 1. The van der Waals surface area contributed by atoms with Gasteiger partial charge >= 0.3 is 0 Å². The number of nitrogens with two attached hydrogens (primary N) is 1. The van der Waals surface area contributed by atoms with Crippen molar-refractivity contribution in [2.75, 3.05) is 38.8 Å². The molecule has 0 saturated heterocycles. The summed E-state index contributed by atoms with van der Waals surface area (Å²) in [6, 6.07) is 8.12. The molecule has 0 unspecified atom stereocenters. The van der Waals surface area contributed by atoms with E-state index in [4.69, 9.17) is 15.2 Å². The molecular weight excluding hydrogens is 369 g/mol. The van der Waals surface area contributed by atoms with Crippen LogP contribution in [0.3, 0.4) is 0 Å². The van der Waals surface area contributed by atoms with E-state index >= 15 is 0 Å². The summed E-state index contributed by atoms with van der Waals surface area (Å²) in [7, 11) is 1.65. The van der Waals surface area contributed by atoms with Gasteiger partial charge in [0.05, 0.1) is 26.4 Å². The third-order valence-corrected chi connectivity index (χ3v) is 2.56. The fourth-order valence-corrected chi connectivity index (χ4v) is 1.53. The Labute approximate surface area is 138 Å². The number of guanidine groups is 1. The number of hydrogen-bond donors (Lipinski definition) is 2. The van der Waals surface area contributed by atoms with E-state index in [1.165, 1.54) is 5.56 Å². The molecule has 0 aromatic heterocycles. The van der Waals surface area contributed by atoms with E-state index in [1.807, 2.05) is 12.1 Å². The van der Waals surface area contributed by atoms with Gasteiger partial charge < -0.3 is 20.5 Å². The van der Waals surface area contributed by atoms with Crippen LogP contribution in [0.2, 0.25) is 0 Å². The topological polar surface area (TPSA) is 68.9 Å². The first kappa shape index (κ1) is 19.1. The Bertz CT molecular complexity index is 400. The highest BCUT2D eigenvalue weighted by Crippen LogP contribution is 2.10. The van der Waals surface area contributed by atoms with Crippen LogP contribution < -0.4 is 11.1 Å². The van der Waals surface area contributed by atoms with E-state index in [2.05, 4.69) is 29.4 Å². The van der Waals surface area contributed by atoms with Gasteiger partial charge in [-0.25, -0.2) is 0 Å². The summed E-state index contributed by atoms with van der Waals surface area (Å²) in [6.07, 6.45) is 1.000. The normalized spacial score (nSPS) is 11.0. The second-order valence-corrected chi connectivity index (χ2v) is 4.05. The van der Waals surface area contributed by atoms with Gasteiger partial charge in [-0.2, -0.15) is 0 Å². The first-order valence-electron chi connectivity index (χ1n) is 6.48. The number of benzene rings is 1. The van der Waals surface area contributed by atoms with Crippen molar-refractivity contribution in [1.29, 1.82) is 0 Å². The van der Waals surface area contributed by atoms with Gasteiger partial charge in [0, 0.05) is 12.8 Å². The van der Waals surface area contributed by atoms with Crippen molar-refractivity contribution >= 4 is 35.6 Å². The first-order valence-corrected chi connectivity index (χ1v) is 6.48. The number of nitrogens with one attached hydrogen (secondary N) is 1. The van der Waals surface area contributed by atoms with E-state index in [9.17, 15) is 0 Å². The van der Waals surface area contributed by atoms with Crippen molar-refractivity contribution in [3.8, 4) is 0 Å². The molecule has 1 aromatic rings. The molecule has 0 amide bonds. The second kappa shape index (κ2) is 11.9. The first-order chi connectivity index (χ1) is 9.26. The Morgan fingerprint density at radius 1 is 1.30 bits per heavy atom. The molecule has 0 fully saturated rings. The molecule has 5 nitrogen and oxygen atoms in total. The number of hydrogen-bond acceptors (Lipinski definition) is 3. The maximum absolute atomic E-state index is 5.80. The average Bonchev–Trinajstić information content (AvgIpc) is 2.43. The molecule has 114 valence electrons. The van der Waals surface area contributed by atoms with Gasteiger partial charge in [-0.1, -0.05) is 19.1 Å². The van der Waals surface area contributed by atoms with Crippen LogP contribution in [0, 0.1) is 0 Å². The van der Waals surface area contributed by atoms with Crippen LogP contribution in [-0.2, 0) is 15.9 Å². The van der Waals surface area contributed by atoms with Gasteiger partial charge in [0.25, 0.3) is 0 Å². The average molecular weight is 393 g/mol. The summed E-state index contributed by atoms with van der Waals surface area (Å²) in [6.45, 7) is 4.38. The zero-order valence-electron chi connectivity index (χ0n) is 12.1. The van der Waals surface area contributed by atoms with Crippen LogP contribution in [0.25, 0.3) is 0 Å². The molecule has 0 spiro atoms. The fraction of sp³-hybridized carbons (Fsp3) is 0.500. The van der Waals surface area contributed by atoms with E-state index in [1.54, 1.807) is 7.11 Å². The summed E-state index contributed by atoms with van der Waals surface area (Å²) in [5.41, 5.74) is 8.02. The van der Waals surface area contributed by atoms with E-state index in [-0.39, 0.29) is 24.0 Å². The molecular formula is C14H24IN3O2. The predicted molar refractivity (Wildman–Crippen MR) is 94.0 cm³/mol. The molecule has 1 rings (SSSR count). The number of aryl methyl sites for hydroxylation is 1. The molecule has 0 radical (unpaired) electrons. The molecule has 0 atom stereocenters. The highest BCUT2D eigenvalue weighted by Gasteiger charge is 1.96. The van der Waals surface area contributed by atoms with Crippen LogP contribution >= 0.6 is 24.0 Å². The van der Waals surface area contributed by atoms with Crippen molar-refractivity contribution < 1.29 is 9.47 Å². The zero-order valence-corrected chi connectivity index (χ0v) is 14.4. The SMILES string of the molecule is CCc1cccc(NC(N)=NCCOCCOC)c1.I. The van der Waals surface area contributed by atoms with Crippen LogP contribution in [0.5, 0.6) is 0 Å². The Balaban J connectivity index is 0.00000361. The van der Waals surface area contributed by atoms with Gasteiger partial charge in [-0.15, -0.1) is 24.0 Å². The number of ether oxygens (including phenoxy) is 2. The molecule has 1 aromatic carbocycles. The lowest BCUT2D eigenvalue weighted by Crippen LogP contribution is -2.23. The van der Waals surface area contributed by atoms with Crippen LogP contribution in [-0.4, -0.2) is 39.4 Å². The molecule has 0 heterocycles. The van der Waals surface area contributed by atoms with E-state index in [0.29, 0.717) is 32.3 Å². The number of methoxy groups -OCH3 is 1. The Hall–Kier alpha value is -0.860. The van der Waals surface area contributed by atoms with Gasteiger partial charge in [-0.05, 0) is 24.1 Å². The zero-order chi connectivity index (χ0) is 13.9. The van der Waals surface area contributed by atoms with Crippen molar-refractivity contribution in [3.63, 3.8) is 0 Å². The molecule has 0 aliphatic carbocycles. The Kier molecular flexibility index (Phi) is 11.4. The summed E-state index contributed by atoms with van der Waals surface area (Å²) in [5, 5.41) is 3.07. The van der Waals surface area contributed by atoms with Gasteiger partial charge in [0.2, 0.25) is 0 Å².